The molecule has 23 heavy (non-hydrogen) atoms. The zero-order valence-corrected chi connectivity index (χ0v) is 13.8. The molecule has 2 rings (SSSR count). The van der Waals surface area contributed by atoms with Crippen molar-refractivity contribution >= 4 is 24.0 Å². The Labute approximate surface area is 142 Å². The van der Waals surface area contributed by atoms with Gasteiger partial charge in [0.05, 0.1) is 11.3 Å². The maximum absolute atomic E-state index is 11.8. The van der Waals surface area contributed by atoms with E-state index in [-0.39, 0.29) is 30.4 Å². The number of halogens is 1. The summed E-state index contributed by atoms with van der Waals surface area (Å²) in [6.07, 6.45) is 1.09. The van der Waals surface area contributed by atoms with E-state index in [0.29, 0.717) is 12.1 Å². The molecule has 1 amide bonds. The Morgan fingerprint density at radius 3 is 2.78 bits per heavy atom. The van der Waals surface area contributed by atoms with Gasteiger partial charge in [-0.1, -0.05) is 12.1 Å². The number of nitrogens with one attached hydrogen (secondary N) is 2. The highest BCUT2D eigenvalue weighted by Gasteiger charge is 2.10. The number of non-ortho nitro benzene ring substituents is 1. The van der Waals surface area contributed by atoms with E-state index in [0.717, 1.165) is 39.1 Å². The van der Waals surface area contributed by atoms with Crippen LogP contribution in [0.4, 0.5) is 5.69 Å². The lowest BCUT2D eigenvalue weighted by molar-refractivity contribution is -0.384. The molecule has 128 valence electrons. The topological polar surface area (TPSA) is 87.5 Å². The van der Waals surface area contributed by atoms with Gasteiger partial charge in [0, 0.05) is 44.9 Å². The molecule has 0 aromatic heterocycles. The normalized spacial score (nSPS) is 14.8. The first kappa shape index (κ1) is 19.3. The Bertz CT molecular complexity index is 521. The van der Waals surface area contributed by atoms with E-state index in [1.165, 1.54) is 12.1 Å². The SMILES string of the molecule is Cl.O=C(Cc1cccc([N+](=O)[O-])c1)NCCCN1CCNCC1. The number of nitro benzene ring substituents is 1. The van der Waals surface area contributed by atoms with Crippen LogP contribution in [-0.2, 0) is 11.2 Å². The molecule has 1 aromatic rings. The van der Waals surface area contributed by atoms with E-state index in [9.17, 15) is 14.9 Å². The summed E-state index contributed by atoms with van der Waals surface area (Å²) in [5.41, 5.74) is 0.679. The monoisotopic (exact) mass is 342 g/mol. The first-order valence-corrected chi connectivity index (χ1v) is 7.58. The zero-order valence-electron chi connectivity index (χ0n) is 13.0. The minimum absolute atomic E-state index is 0. The number of nitro groups is 1. The summed E-state index contributed by atoms with van der Waals surface area (Å²) in [6, 6.07) is 6.20. The molecule has 1 fully saturated rings. The lowest BCUT2D eigenvalue weighted by atomic mass is 10.1. The third-order valence-electron chi connectivity index (χ3n) is 3.67. The van der Waals surface area contributed by atoms with Crippen molar-refractivity contribution in [3.63, 3.8) is 0 Å². The predicted octanol–water partition coefficient (Wildman–Crippen LogP) is 0.971. The number of piperazine rings is 1. The molecule has 1 aromatic carbocycles. The van der Waals surface area contributed by atoms with Crippen molar-refractivity contribution in [3.05, 3.63) is 39.9 Å². The Kier molecular flexibility index (Phi) is 8.53. The van der Waals surface area contributed by atoms with Crippen LogP contribution in [0.5, 0.6) is 0 Å². The summed E-state index contributed by atoms with van der Waals surface area (Å²) < 4.78 is 0. The number of amides is 1. The van der Waals surface area contributed by atoms with E-state index >= 15 is 0 Å². The summed E-state index contributed by atoms with van der Waals surface area (Å²) in [4.78, 5) is 24.5. The Morgan fingerprint density at radius 1 is 1.35 bits per heavy atom. The molecule has 1 aliphatic rings. The standard InChI is InChI=1S/C15H22N4O3.ClH/c20-15(12-13-3-1-4-14(11-13)19(21)22)17-5-2-8-18-9-6-16-7-10-18;/h1,3-4,11,16H,2,5-10,12H2,(H,17,20);1H. The van der Waals surface area contributed by atoms with Crippen molar-refractivity contribution in [1.82, 2.24) is 15.5 Å². The van der Waals surface area contributed by atoms with Crippen LogP contribution in [0.3, 0.4) is 0 Å². The van der Waals surface area contributed by atoms with Crippen LogP contribution in [0.25, 0.3) is 0 Å². The van der Waals surface area contributed by atoms with Crippen LogP contribution in [0.1, 0.15) is 12.0 Å². The van der Waals surface area contributed by atoms with Gasteiger partial charge in [-0.3, -0.25) is 14.9 Å². The van der Waals surface area contributed by atoms with Crippen molar-refractivity contribution in [2.24, 2.45) is 0 Å². The second-order valence-electron chi connectivity index (χ2n) is 5.40. The van der Waals surface area contributed by atoms with Crippen molar-refractivity contribution in [1.29, 1.82) is 0 Å². The first-order chi connectivity index (χ1) is 10.6. The molecule has 0 radical (unpaired) electrons. The van der Waals surface area contributed by atoms with Gasteiger partial charge in [0.15, 0.2) is 0 Å². The minimum atomic E-state index is -0.450. The van der Waals surface area contributed by atoms with Crippen LogP contribution >= 0.6 is 12.4 Å². The summed E-state index contributed by atoms with van der Waals surface area (Å²) >= 11 is 0. The maximum atomic E-state index is 11.8. The van der Waals surface area contributed by atoms with Crippen molar-refractivity contribution < 1.29 is 9.72 Å². The van der Waals surface area contributed by atoms with Crippen LogP contribution in [-0.4, -0.2) is 55.0 Å². The molecule has 1 saturated heterocycles. The van der Waals surface area contributed by atoms with Gasteiger partial charge in [-0.25, -0.2) is 0 Å². The van der Waals surface area contributed by atoms with Gasteiger partial charge in [0.1, 0.15) is 0 Å². The molecule has 0 bridgehead atoms. The van der Waals surface area contributed by atoms with Crippen molar-refractivity contribution in [2.45, 2.75) is 12.8 Å². The Balaban J connectivity index is 0.00000264. The van der Waals surface area contributed by atoms with E-state index in [2.05, 4.69) is 15.5 Å². The predicted molar refractivity (Wildman–Crippen MR) is 91.0 cm³/mol. The van der Waals surface area contributed by atoms with Gasteiger partial charge < -0.3 is 15.5 Å². The molecule has 0 atom stereocenters. The van der Waals surface area contributed by atoms with Gasteiger partial charge in [0.25, 0.3) is 5.69 Å². The quantitative estimate of drug-likeness (QED) is 0.438. The highest BCUT2D eigenvalue weighted by Crippen LogP contribution is 2.13. The molecular formula is C15H23ClN4O3. The summed E-state index contributed by atoms with van der Waals surface area (Å²) in [5, 5.41) is 16.9. The third kappa shape index (κ3) is 6.94. The molecule has 0 unspecified atom stereocenters. The van der Waals surface area contributed by atoms with Crippen LogP contribution in [0.15, 0.2) is 24.3 Å². The fourth-order valence-electron chi connectivity index (χ4n) is 2.49. The van der Waals surface area contributed by atoms with Gasteiger partial charge in [-0.15, -0.1) is 12.4 Å². The number of nitrogens with zero attached hydrogens (tertiary/aromatic N) is 2. The van der Waals surface area contributed by atoms with Crippen molar-refractivity contribution in [3.8, 4) is 0 Å². The molecule has 1 heterocycles. The minimum Gasteiger partial charge on any atom is -0.356 e. The second-order valence-corrected chi connectivity index (χ2v) is 5.40. The average molecular weight is 343 g/mol. The van der Waals surface area contributed by atoms with E-state index in [1.54, 1.807) is 12.1 Å². The van der Waals surface area contributed by atoms with Crippen LogP contribution in [0.2, 0.25) is 0 Å². The molecule has 0 spiro atoms. The van der Waals surface area contributed by atoms with E-state index < -0.39 is 4.92 Å². The van der Waals surface area contributed by atoms with Crippen LogP contribution < -0.4 is 10.6 Å². The summed E-state index contributed by atoms with van der Waals surface area (Å²) in [6.45, 7) is 5.79. The Hall–Kier alpha value is -1.70. The lowest BCUT2D eigenvalue weighted by Crippen LogP contribution is -2.44. The highest BCUT2D eigenvalue weighted by molar-refractivity contribution is 5.85. The molecular weight excluding hydrogens is 320 g/mol. The van der Waals surface area contributed by atoms with Gasteiger partial charge in [0.2, 0.25) is 5.91 Å². The molecule has 2 N–H and O–H groups in total. The Morgan fingerprint density at radius 2 is 2.09 bits per heavy atom. The molecule has 0 aliphatic carbocycles. The summed E-state index contributed by atoms with van der Waals surface area (Å²) in [5.74, 6) is -0.0965. The van der Waals surface area contributed by atoms with E-state index in [4.69, 9.17) is 0 Å². The molecule has 8 heteroatoms. The largest absolute Gasteiger partial charge is 0.356 e. The highest BCUT2D eigenvalue weighted by atomic mass is 35.5. The fourth-order valence-corrected chi connectivity index (χ4v) is 2.49. The average Bonchev–Trinajstić information content (AvgIpc) is 2.53. The zero-order chi connectivity index (χ0) is 15.8. The molecule has 7 nitrogen and oxygen atoms in total. The van der Waals surface area contributed by atoms with Gasteiger partial charge in [-0.2, -0.15) is 0 Å². The maximum Gasteiger partial charge on any atom is 0.269 e. The first-order valence-electron chi connectivity index (χ1n) is 7.58. The van der Waals surface area contributed by atoms with Crippen molar-refractivity contribution in [2.75, 3.05) is 39.3 Å². The lowest BCUT2D eigenvalue weighted by Gasteiger charge is -2.27. The smallest absolute Gasteiger partial charge is 0.269 e. The van der Waals surface area contributed by atoms with Gasteiger partial charge in [-0.05, 0) is 18.5 Å². The van der Waals surface area contributed by atoms with Gasteiger partial charge >= 0.3 is 0 Å². The number of hydrogen-bond donors (Lipinski definition) is 2. The molecule has 1 aliphatic heterocycles. The number of carbonyl (C=O) groups excluding carboxylic acids is 1. The number of rotatable bonds is 7. The second kappa shape index (κ2) is 10.1. The summed E-state index contributed by atoms with van der Waals surface area (Å²) in [7, 11) is 0. The number of carbonyl (C=O) groups is 1. The number of benzene rings is 1. The third-order valence-corrected chi connectivity index (χ3v) is 3.67. The van der Waals surface area contributed by atoms with E-state index in [1.807, 2.05) is 0 Å². The molecule has 0 saturated carbocycles. The number of hydrogen-bond acceptors (Lipinski definition) is 5. The fraction of sp³-hybridized carbons (Fsp3) is 0.533. The van der Waals surface area contributed by atoms with Crippen LogP contribution in [0, 0.1) is 10.1 Å².